The monoisotopic (exact) mass is 264 g/mol. The molecule has 2 atom stereocenters. The van der Waals surface area contributed by atoms with Crippen LogP contribution >= 0.6 is 0 Å². The molecule has 100 valence electrons. The number of carbonyl (C=O) groups excluding carboxylic acids is 1. The number of nitrogens with zero attached hydrogens (tertiary/aromatic N) is 1. The van der Waals surface area contributed by atoms with Crippen molar-refractivity contribution >= 4 is 12.1 Å². The van der Waals surface area contributed by atoms with Gasteiger partial charge in [-0.2, -0.15) is 5.10 Å². The standard InChI is InChI=1S/C17H16N2O/c20-17(19-18-12-13-7-3-1-4-8-13)16-11-15(16)14-9-5-2-6-10-14/h1-10,12,15-16H,11H2,(H,19,20)/t15-,16+/m0/s1. The number of rotatable bonds is 4. The zero-order chi connectivity index (χ0) is 13.8. The van der Waals surface area contributed by atoms with Crippen molar-refractivity contribution in [2.45, 2.75) is 12.3 Å². The molecular weight excluding hydrogens is 248 g/mol. The van der Waals surface area contributed by atoms with Gasteiger partial charge in [-0.3, -0.25) is 4.79 Å². The molecule has 0 heterocycles. The number of hydrazone groups is 1. The first kappa shape index (κ1) is 12.6. The highest BCUT2D eigenvalue weighted by molar-refractivity contribution is 5.85. The zero-order valence-electron chi connectivity index (χ0n) is 11.1. The molecule has 0 unspecified atom stereocenters. The van der Waals surface area contributed by atoms with Gasteiger partial charge in [0.25, 0.3) is 0 Å². The van der Waals surface area contributed by atoms with Crippen LogP contribution < -0.4 is 5.43 Å². The highest BCUT2D eigenvalue weighted by atomic mass is 16.2. The van der Waals surface area contributed by atoms with Crippen LogP contribution in [0.25, 0.3) is 0 Å². The molecule has 1 saturated carbocycles. The molecule has 3 heteroatoms. The summed E-state index contributed by atoms with van der Waals surface area (Å²) in [4.78, 5) is 12.0. The molecule has 0 radical (unpaired) electrons. The van der Waals surface area contributed by atoms with Crippen LogP contribution in [0.4, 0.5) is 0 Å². The van der Waals surface area contributed by atoms with E-state index in [-0.39, 0.29) is 11.8 Å². The predicted molar refractivity (Wildman–Crippen MR) is 79.5 cm³/mol. The van der Waals surface area contributed by atoms with E-state index in [1.54, 1.807) is 6.21 Å². The Kier molecular flexibility index (Phi) is 3.59. The molecule has 3 rings (SSSR count). The number of hydrogen-bond acceptors (Lipinski definition) is 2. The van der Waals surface area contributed by atoms with Gasteiger partial charge in [0, 0.05) is 5.92 Å². The lowest BCUT2D eigenvalue weighted by Gasteiger charge is -2.00. The van der Waals surface area contributed by atoms with E-state index in [9.17, 15) is 4.79 Å². The molecular formula is C17H16N2O. The van der Waals surface area contributed by atoms with E-state index in [4.69, 9.17) is 0 Å². The molecule has 1 aliphatic carbocycles. The van der Waals surface area contributed by atoms with Crippen molar-refractivity contribution in [3.63, 3.8) is 0 Å². The molecule has 0 spiro atoms. The molecule has 1 fully saturated rings. The number of nitrogens with one attached hydrogen (secondary N) is 1. The van der Waals surface area contributed by atoms with Crippen molar-refractivity contribution in [1.82, 2.24) is 5.43 Å². The maximum Gasteiger partial charge on any atom is 0.243 e. The van der Waals surface area contributed by atoms with Crippen molar-refractivity contribution in [2.24, 2.45) is 11.0 Å². The molecule has 20 heavy (non-hydrogen) atoms. The zero-order valence-corrected chi connectivity index (χ0v) is 11.1. The van der Waals surface area contributed by atoms with Gasteiger partial charge in [-0.05, 0) is 23.5 Å². The Bertz CT molecular complexity index is 607. The van der Waals surface area contributed by atoms with Crippen molar-refractivity contribution in [3.05, 3.63) is 71.8 Å². The van der Waals surface area contributed by atoms with Gasteiger partial charge >= 0.3 is 0 Å². The summed E-state index contributed by atoms with van der Waals surface area (Å²) in [5, 5.41) is 4.01. The third kappa shape index (κ3) is 2.94. The maximum absolute atomic E-state index is 12.0. The average molecular weight is 264 g/mol. The smallest absolute Gasteiger partial charge is 0.243 e. The second kappa shape index (κ2) is 5.70. The van der Waals surface area contributed by atoms with Crippen molar-refractivity contribution in [1.29, 1.82) is 0 Å². The molecule has 0 aromatic heterocycles. The van der Waals surface area contributed by atoms with Crippen LogP contribution in [0.5, 0.6) is 0 Å². The van der Waals surface area contributed by atoms with Gasteiger partial charge in [0.1, 0.15) is 0 Å². The van der Waals surface area contributed by atoms with Crippen LogP contribution in [0, 0.1) is 5.92 Å². The average Bonchev–Trinajstić information content (AvgIpc) is 3.30. The van der Waals surface area contributed by atoms with Gasteiger partial charge in [-0.15, -0.1) is 0 Å². The first-order valence-corrected chi connectivity index (χ1v) is 6.77. The fourth-order valence-corrected chi connectivity index (χ4v) is 2.35. The number of benzene rings is 2. The van der Waals surface area contributed by atoms with Crippen LogP contribution in [-0.2, 0) is 4.79 Å². The summed E-state index contributed by atoms with van der Waals surface area (Å²) < 4.78 is 0. The molecule has 3 nitrogen and oxygen atoms in total. The number of amides is 1. The van der Waals surface area contributed by atoms with Crippen LogP contribution in [0.3, 0.4) is 0 Å². The Morgan fingerprint density at radius 3 is 2.40 bits per heavy atom. The van der Waals surface area contributed by atoms with E-state index in [0.29, 0.717) is 5.92 Å². The van der Waals surface area contributed by atoms with Crippen LogP contribution in [0.2, 0.25) is 0 Å². The summed E-state index contributed by atoms with van der Waals surface area (Å²) in [6, 6.07) is 19.9. The number of carbonyl (C=O) groups is 1. The van der Waals surface area contributed by atoms with Gasteiger partial charge in [0.05, 0.1) is 6.21 Å². The van der Waals surface area contributed by atoms with Crippen LogP contribution in [0.15, 0.2) is 65.8 Å². The lowest BCUT2D eigenvalue weighted by atomic mass is 10.1. The van der Waals surface area contributed by atoms with Crippen molar-refractivity contribution in [2.75, 3.05) is 0 Å². The minimum Gasteiger partial charge on any atom is -0.273 e. The van der Waals surface area contributed by atoms with E-state index in [2.05, 4.69) is 22.7 Å². The van der Waals surface area contributed by atoms with Gasteiger partial charge in [0.15, 0.2) is 0 Å². The normalized spacial score (nSPS) is 20.8. The van der Waals surface area contributed by atoms with Crippen molar-refractivity contribution in [3.8, 4) is 0 Å². The quantitative estimate of drug-likeness (QED) is 0.669. The Hall–Kier alpha value is -2.42. The largest absolute Gasteiger partial charge is 0.273 e. The van der Waals surface area contributed by atoms with Gasteiger partial charge < -0.3 is 0 Å². The van der Waals surface area contributed by atoms with E-state index in [0.717, 1.165) is 12.0 Å². The summed E-state index contributed by atoms with van der Waals surface area (Å²) in [6.45, 7) is 0. The highest BCUT2D eigenvalue weighted by Crippen LogP contribution is 2.47. The first-order valence-electron chi connectivity index (χ1n) is 6.77. The Morgan fingerprint density at radius 2 is 1.70 bits per heavy atom. The highest BCUT2D eigenvalue weighted by Gasteiger charge is 2.43. The van der Waals surface area contributed by atoms with E-state index in [1.165, 1.54) is 5.56 Å². The fraction of sp³-hybridized carbons (Fsp3) is 0.176. The lowest BCUT2D eigenvalue weighted by Crippen LogP contribution is -2.20. The molecule has 1 aliphatic rings. The maximum atomic E-state index is 12.0. The summed E-state index contributed by atoms with van der Waals surface area (Å²) in [5.74, 6) is 0.416. The molecule has 0 aliphatic heterocycles. The predicted octanol–water partition coefficient (Wildman–Crippen LogP) is 2.94. The second-order valence-corrected chi connectivity index (χ2v) is 5.00. The summed E-state index contributed by atoms with van der Waals surface area (Å²) in [6.07, 6.45) is 2.58. The molecule has 1 amide bonds. The topological polar surface area (TPSA) is 41.5 Å². The Labute approximate surface area is 118 Å². The molecule has 0 saturated heterocycles. The molecule has 2 aromatic carbocycles. The molecule has 0 bridgehead atoms. The van der Waals surface area contributed by atoms with Crippen LogP contribution in [-0.4, -0.2) is 12.1 Å². The second-order valence-electron chi connectivity index (χ2n) is 5.00. The summed E-state index contributed by atoms with van der Waals surface area (Å²) in [5.41, 5.74) is 4.83. The summed E-state index contributed by atoms with van der Waals surface area (Å²) in [7, 11) is 0. The van der Waals surface area contributed by atoms with E-state index < -0.39 is 0 Å². The van der Waals surface area contributed by atoms with Gasteiger partial charge in [-0.25, -0.2) is 5.43 Å². The third-order valence-electron chi connectivity index (χ3n) is 3.54. The fourth-order valence-electron chi connectivity index (χ4n) is 2.35. The van der Waals surface area contributed by atoms with Crippen LogP contribution in [0.1, 0.15) is 23.5 Å². The van der Waals surface area contributed by atoms with E-state index >= 15 is 0 Å². The first-order chi connectivity index (χ1) is 9.84. The van der Waals surface area contributed by atoms with Gasteiger partial charge in [-0.1, -0.05) is 60.7 Å². The SMILES string of the molecule is O=C(NN=Cc1ccccc1)[C@@H]1C[C@H]1c1ccccc1. The molecule has 1 N–H and O–H groups in total. The summed E-state index contributed by atoms with van der Waals surface area (Å²) >= 11 is 0. The number of hydrogen-bond donors (Lipinski definition) is 1. The van der Waals surface area contributed by atoms with E-state index in [1.807, 2.05) is 48.5 Å². The Morgan fingerprint density at radius 1 is 1.05 bits per heavy atom. The van der Waals surface area contributed by atoms with Gasteiger partial charge in [0.2, 0.25) is 5.91 Å². The Balaban J connectivity index is 1.53. The molecule has 2 aromatic rings. The minimum absolute atomic E-state index is 0.00559. The third-order valence-corrected chi connectivity index (χ3v) is 3.54. The van der Waals surface area contributed by atoms with Crippen molar-refractivity contribution < 1.29 is 4.79 Å². The lowest BCUT2D eigenvalue weighted by molar-refractivity contribution is -0.122. The minimum atomic E-state index is 0.00559.